The zero-order valence-electron chi connectivity index (χ0n) is 28.6. The number of benzene rings is 2. The molecular weight excluding hydrogens is 627 g/mol. The molecule has 2 N–H and O–H groups in total. The van der Waals surface area contributed by atoms with Crippen molar-refractivity contribution in [3.05, 3.63) is 87.3 Å². The number of nitrogens with one attached hydrogen (secondary N) is 1. The quantitative estimate of drug-likeness (QED) is 0.125. The van der Waals surface area contributed by atoms with Gasteiger partial charge in [0, 0.05) is 55.1 Å². The second-order valence-corrected chi connectivity index (χ2v) is 14.5. The smallest absolute Gasteiger partial charge is 0.303 e. The van der Waals surface area contributed by atoms with Crippen molar-refractivity contribution < 1.29 is 29.1 Å². The number of nitrogens with zero attached hydrogens (tertiary/aromatic N) is 2. The maximum Gasteiger partial charge on any atom is 0.303 e. The topological polar surface area (TPSA) is 124 Å². The van der Waals surface area contributed by atoms with Crippen molar-refractivity contribution in [3.63, 3.8) is 0 Å². The van der Waals surface area contributed by atoms with E-state index in [0.29, 0.717) is 47.7 Å². The van der Waals surface area contributed by atoms with Crippen LogP contribution < -0.4 is 5.32 Å². The zero-order valence-corrected chi connectivity index (χ0v) is 29.5. The molecule has 0 aliphatic heterocycles. The minimum atomic E-state index is -0.995. The maximum atomic E-state index is 13.8. The van der Waals surface area contributed by atoms with Gasteiger partial charge in [-0.1, -0.05) is 70.2 Å². The Labute approximate surface area is 287 Å². The zero-order chi connectivity index (χ0) is 35.0. The van der Waals surface area contributed by atoms with Crippen molar-refractivity contribution >= 4 is 45.7 Å². The highest BCUT2D eigenvalue weighted by Gasteiger charge is 2.35. The largest absolute Gasteiger partial charge is 0.481 e. The lowest BCUT2D eigenvalue weighted by Crippen LogP contribution is -2.41. The number of hydrogen-bond acceptors (Lipinski definition) is 7. The van der Waals surface area contributed by atoms with Crippen LogP contribution in [0.2, 0.25) is 0 Å². The molecule has 3 aromatic rings. The van der Waals surface area contributed by atoms with Crippen LogP contribution >= 0.6 is 11.3 Å². The van der Waals surface area contributed by atoms with Crippen LogP contribution in [0, 0.1) is 5.41 Å². The van der Waals surface area contributed by atoms with Crippen LogP contribution in [-0.4, -0.2) is 70.4 Å². The highest BCUT2D eigenvalue weighted by Crippen LogP contribution is 2.44. The average molecular weight is 674 g/mol. The third-order valence-corrected chi connectivity index (χ3v) is 10.4. The van der Waals surface area contributed by atoms with Gasteiger partial charge in [0.1, 0.15) is 5.00 Å². The van der Waals surface area contributed by atoms with Crippen LogP contribution in [-0.2, 0) is 29.0 Å². The third kappa shape index (κ3) is 9.26. The number of carbonyl (C=O) groups is 5. The lowest BCUT2D eigenvalue weighted by Gasteiger charge is -2.32. The molecule has 1 heterocycles. The fraction of sp³-hybridized carbons (Fsp3) is 0.447. The first-order valence-corrected chi connectivity index (χ1v) is 17.5. The molecular formula is C38H47N3O6S. The van der Waals surface area contributed by atoms with E-state index in [0.717, 1.165) is 41.7 Å². The lowest BCUT2D eigenvalue weighted by atomic mass is 9.76. The molecule has 9 nitrogen and oxygen atoms in total. The van der Waals surface area contributed by atoms with E-state index >= 15 is 0 Å². The molecule has 10 heteroatoms. The molecule has 1 aliphatic carbocycles. The normalized spacial score (nSPS) is 13.6. The lowest BCUT2D eigenvalue weighted by molar-refractivity contribution is -0.140. The molecule has 4 rings (SSSR count). The number of hydrogen-bond donors (Lipinski definition) is 2. The maximum absolute atomic E-state index is 13.8. The second-order valence-electron chi connectivity index (χ2n) is 13.4. The van der Waals surface area contributed by atoms with Crippen LogP contribution in [0.25, 0.3) is 0 Å². The highest BCUT2D eigenvalue weighted by atomic mass is 32.1. The summed E-state index contributed by atoms with van der Waals surface area (Å²) in [6.45, 7) is 10.2. The molecule has 0 bridgehead atoms. The molecule has 0 saturated carbocycles. The number of anilines is 1. The van der Waals surface area contributed by atoms with Gasteiger partial charge in [0.2, 0.25) is 17.5 Å². The molecule has 0 saturated heterocycles. The van der Waals surface area contributed by atoms with Gasteiger partial charge < -0.3 is 15.3 Å². The fourth-order valence-corrected chi connectivity index (χ4v) is 7.79. The molecule has 1 aromatic heterocycles. The van der Waals surface area contributed by atoms with Crippen molar-refractivity contribution in [2.45, 2.75) is 85.2 Å². The molecule has 2 amide bonds. The number of carboxylic acid groups (broad SMARTS) is 1. The molecule has 256 valence electrons. The number of fused-ring (bicyclic) bond motifs is 1. The molecule has 0 fully saturated rings. The minimum Gasteiger partial charge on any atom is -0.481 e. The number of aliphatic carboxylic acids is 1. The van der Waals surface area contributed by atoms with Gasteiger partial charge in [0.05, 0.1) is 12.0 Å². The van der Waals surface area contributed by atoms with Gasteiger partial charge >= 0.3 is 5.97 Å². The summed E-state index contributed by atoms with van der Waals surface area (Å²) < 4.78 is 0. The molecule has 48 heavy (non-hydrogen) atoms. The van der Waals surface area contributed by atoms with E-state index < -0.39 is 17.5 Å². The highest BCUT2D eigenvalue weighted by molar-refractivity contribution is 7.17. The summed E-state index contributed by atoms with van der Waals surface area (Å²) in [5.41, 5.74) is 2.92. The first kappa shape index (κ1) is 36.7. The first-order chi connectivity index (χ1) is 22.8. The van der Waals surface area contributed by atoms with Gasteiger partial charge in [-0.3, -0.25) is 28.9 Å². The summed E-state index contributed by atoms with van der Waals surface area (Å²) in [5.74, 6) is -2.74. The number of thiophene rings is 1. The van der Waals surface area contributed by atoms with E-state index in [1.54, 1.807) is 48.3 Å². The second kappa shape index (κ2) is 16.3. The van der Waals surface area contributed by atoms with Crippen LogP contribution in [0.3, 0.4) is 0 Å². The van der Waals surface area contributed by atoms with Crippen molar-refractivity contribution in [3.8, 4) is 0 Å². The molecule has 2 aromatic carbocycles. The number of Topliss-reactive ketones (excluding diaryl/α,β-unsaturated/α-hetero) is 2. The number of ketones is 2. The summed E-state index contributed by atoms with van der Waals surface area (Å²) in [6, 6.07) is 16.2. The Morgan fingerprint density at radius 1 is 0.917 bits per heavy atom. The standard InChI is InChI=1S/C38H47N3O6S/c1-6-28(7-2)41(21-20-40(5)31(42)16-17-32(43)44)24-25-12-11-15-27(22-25)36(47)39-37-33(29-18-19-38(3,4)23-30(29)48-37)35(46)34(45)26-13-9-8-10-14-26/h8-15,22,28H,6-7,16-21,23-24H2,1-5H3,(H,39,47)(H,43,44). The number of rotatable bonds is 16. The summed E-state index contributed by atoms with van der Waals surface area (Å²) in [7, 11) is 1.69. The molecule has 1 aliphatic rings. The van der Waals surface area contributed by atoms with Crippen molar-refractivity contribution in [1.29, 1.82) is 0 Å². The number of carboxylic acids is 1. The molecule has 0 atom stereocenters. The number of carbonyl (C=O) groups excluding carboxylic acids is 4. The Hall–Kier alpha value is -4.15. The average Bonchev–Trinajstić information content (AvgIpc) is 3.41. The van der Waals surface area contributed by atoms with Crippen LogP contribution in [0.4, 0.5) is 5.00 Å². The summed E-state index contributed by atoms with van der Waals surface area (Å²) in [4.78, 5) is 69.0. The number of likely N-dealkylation sites (N-methyl/N-ethyl adjacent to an activating group) is 1. The van der Waals surface area contributed by atoms with Gasteiger partial charge in [-0.2, -0.15) is 0 Å². The number of amides is 2. The minimum absolute atomic E-state index is 0.0350. The van der Waals surface area contributed by atoms with E-state index in [-0.39, 0.29) is 36.1 Å². The van der Waals surface area contributed by atoms with Crippen molar-refractivity contribution in [1.82, 2.24) is 9.80 Å². The van der Waals surface area contributed by atoms with Gasteiger partial charge in [0.25, 0.3) is 5.91 Å². The van der Waals surface area contributed by atoms with E-state index in [1.165, 1.54) is 11.3 Å². The van der Waals surface area contributed by atoms with Crippen molar-refractivity contribution in [2.24, 2.45) is 5.41 Å². The van der Waals surface area contributed by atoms with E-state index in [1.807, 2.05) is 18.2 Å². The Kier molecular flexibility index (Phi) is 12.5. The van der Waals surface area contributed by atoms with Crippen LogP contribution in [0.1, 0.15) is 107 Å². The van der Waals surface area contributed by atoms with Crippen LogP contribution in [0.5, 0.6) is 0 Å². The van der Waals surface area contributed by atoms with Gasteiger partial charge in [-0.15, -0.1) is 11.3 Å². The first-order valence-electron chi connectivity index (χ1n) is 16.7. The van der Waals surface area contributed by atoms with Crippen molar-refractivity contribution in [2.75, 3.05) is 25.5 Å². The Balaban J connectivity index is 1.55. The van der Waals surface area contributed by atoms with E-state index in [4.69, 9.17) is 5.11 Å². The molecule has 0 spiro atoms. The SMILES string of the molecule is CCC(CC)N(CCN(C)C(=O)CCC(=O)O)Cc1cccc(C(=O)Nc2sc3c(c2C(=O)C(=O)c2ccccc2)CCC(C)(C)C3)c1. The van der Waals surface area contributed by atoms with E-state index in [2.05, 4.69) is 37.9 Å². The Morgan fingerprint density at radius 3 is 2.27 bits per heavy atom. The molecule has 0 unspecified atom stereocenters. The molecule has 0 radical (unpaired) electrons. The monoisotopic (exact) mass is 673 g/mol. The fourth-order valence-electron chi connectivity index (χ4n) is 6.29. The van der Waals surface area contributed by atoms with Gasteiger partial charge in [-0.05, 0) is 60.8 Å². The summed E-state index contributed by atoms with van der Waals surface area (Å²) >= 11 is 1.39. The Bertz CT molecular complexity index is 1640. The van der Waals surface area contributed by atoms with E-state index in [9.17, 15) is 24.0 Å². The third-order valence-electron chi connectivity index (χ3n) is 9.21. The summed E-state index contributed by atoms with van der Waals surface area (Å²) in [5, 5.41) is 12.3. The predicted octanol–water partition coefficient (Wildman–Crippen LogP) is 6.89. The predicted molar refractivity (Wildman–Crippen MR) is 189 cm³/mol. The Morgan fingerprint density at radius 2 is 1.60 bits per heavy atom. The van der Waals surface area contributed by atoms with Crippen LogP contribution in [0.15, 0.2) is 54.6 Å². The summed E-state index contributed by atoms with van der Waals surface area (Å²) in [6.07, 6.45) is 3.90. The van der Waals surface area contributed by atoms with Gasteiger partial charge in [0.15, 0.2) is 0 Å². The van der Waals surface area contributed by atoms with Gasteiger partial charge in [-0.25, -0.2) is 0 Å².